The molecule has 1 N–H and O–H groups in total. The zero-order chi connectivity index (χ0) is 19.3. The maximum atomic E-state index is 11.0. The lowest BCUT2D eigenvalue weighted by Crippen LogP contribution is -2.03. The lowest BCUT2D eigenvalue weighted by Gasteiger charge is -2.12. The number of nitro benzene ring substituents is 1. The van der Waals surface area contributed by atoms with Crippen molar-refractivity contribution in [3.05, 3.63) is 107 Å². The van der Waals surface area contributed by atoms with Crippen LogP contribution in [0, 0.1) is 10.1 Å². The first kappa shape index (κ1) is 17.5. The summed E-state index contributed by atoms with van der Waals surface area (Å²) in [7, 11) is 0. The molecule has 0 saturated carbocycles. The second-order valence-electron chi connectivity index (χ2n) is 6.33. The van der Waals surface area contributed by atoms with Crippen molar-refractivity contribution in [2.24, 2.45) is 0 Å². The number of nitrogens with zero attached hydrogens (tertiary/aromatic N) is 3. The summed E-state index contributed by atoms with van der Waals surface area (Å²) < 4.78 is 1.92. The molecule has 1 aromatic heterocycles. The maximum Gasteiger partial charge on any atom is 0.270 e. The van der Waals surface area contributed by atoms with Gasteiger partial charge >= 0.3 is 0 Å². The summed E-state index contributed by atoms with van der Waals surface area (Å²) in [6.07, 6.45) is 3.60. The van der Waals surface area contributed by atoms with Gasteiger partial charge in [-0.25, -0.2) is 4.98 Å². The highest BCUT2D eigenvalue weighted by Crippen LogP contribution is 2.26. The third kappa shape index (κ3) is 3.76. The van der Waals surface area contributed by atoms with Gasteiger partial charge in [0.15, 0.2) is 0 Å². The van der Waals surface area contributed by atoms with E-state index >= 15 is 0 Å². The van der Waals surface area contributed by atoms with Crippen LogP contribution >= 0.6 is 0 Å². The average Bonchev–Trinajstić information content (AvgIpc) is 3.23. The van der Waals surface area contributed by atoms with Crippen molar-refractivity contribution in [1.82, 2.24) is 9.55 Å². The Morgan fingerprint density at radius 2 is 1.75 bits per heavy atom. The summed E-state index contributed by atoms with van der Waals surface area (Å²) in [6, 6.07) is 24.7. The fourth-order valence-electron chi connectivity index (χ4n) is 3.02. The molecule has 4 aromatic rings. The van der Waals surface area contributed by atoms with Crippen LogP contribution in [0.15, 0.2) is 91.4 Å². The third-order valence-corrected chi connectivity index (χ3v) is 4.44. The predicted molar refractivity (Wildman–Crippen MR) is 109 cm³/mol. The predicted octanol–water partition coefficient (Wildman–Crippen LogP) is 5.06. The molecule has 0 bridgehead atoms. The fourth-order valence-corrected chi connectivity index (χ4v) is 3.02. The topological polar surface area (TPSA) is 73.0 Å². The molecule has 28 heavy (non-hydrogen) atoms. The molecule has 0 aliphatic rings. The van der Waals surface area contributed by atoms with Crippen LogP contribution in [0.1, 0.15) is 5.56 Å². The normalized spacial score (nSPS) is 10.6. The molecule has 0 saturated heterocycles. The van der Waals surface area contributed by atoms with Crippen LogP contribution in [-0.4, -0.2) is 14.5 Å². The number of aromatic nitrogens is 2. The molecule has 1 heterocycles. The van der Waals surface area contributed by atoms with Crippen LogP contribution in [-0.2, 0) is 6.54 Å². The van der Waals surface area contributed by atoms with E-state index in [4.69, 9.17) is 0 Å². The molecular formula is C22H18N4O2. The Balaban J connectivity index is 1.60. The van der Waals surface area contributed by atoms with Crippen molar-refractivity contribution in [2.45, 2.75) is 6.54 Å². The smallest absolute Gasteiger partial charge is 0.270 e. The molecule has 0 spiro atoms. The third-order valence-electron chi connectivity index (χ3n) is 4.44. The first-order valence-electron chi connectivity index (χ1n) is 8.87. The van der Waals surface area contributed by atoms with E-state index < -0.39 is 4.92 Å². The molecule has 4 rings (SSSR count). The van der Waals surface area contributed by atoms with Gasteiger partial charge < -0.3 is 9.88 Å². The zero-order valence-electron chi connectivity index (χ0n) is 15.0. The van der Waals surface area contributed by atoms with Crippen molar-refractivity contribution in [3.8, 4) is 16.9 Å². The van der Waals surface area contributed by atoms with E-state index in [-0.39, 0.29) is 5.69 Å². The number of non-ortho nitro benzene ring substituents is 1. The molecular weight excluding hydrogens is 352 g/mol. The van der Waals surface area contributed by atoms with Gasteiger partial charge in [0.25, 0.3) is 5.69 Å². The molecule has 0 atom stereocenters. The molecule has 6 heteroatoms. The Morgan fingerprint density at radius 1 is 0.964 bits per heavy atom. The van der Waals surface area contributed by atoms with E-state index in [1.165, 1.54) is 17.7 Å². The van der Waals surface area contributed by atoms with Gasteiger partial charge in [-0.2, -0.15) is 0 Å². The summed E-state index contributed by atoms with van der Waals surface area (Å²) in [6.45, 7) is 0.713. The number of rotatable bonds is 6. The van der Waals surface area contributed by atoms with Crippen molar-refractivity contribution in [3.63, 3.8) is 0 Å². The molecule has 138 valence electrons. The van der Waals surface area contributed by atoms with Crippen LogP contribution in [0.4, 0.5) is 11.4 Å². The van der Waals surface area contributed by atoms with Crippen LogP contribution in [0.2, 0.25) is 0 Å². The van der Waals surface area contributed by atoms with Gasteiger partial charge in [-0.3, -0.25) is 10.1 Å². The Morgan fingerprint density at radius 3 is 2.57 bits per heavy atom. The second kappa shape index (κ2) is 7.75. The molecule has 0 radical (unpaired) electrons. The van der Waals surface area contributed by atoms with E-state index in [0.717, 1.165) is 11.4 Å². The minimum Gasteiger partial charge on any atom is -0.379 e. The highest BCUT2D eigenvalue weighted by molar-refractivity contribution is 5.65. The Bertz CT molecular complexity index is 1110. The largest absolute Gasteiger partial charge is 0.379 e. The number of hydrogen-bond donors (Lipinski definition) is 1. The first-order chi connectivity index (χ1) is 13.7. The molecule has 0 aliphatic heterocycles. The minimum absolute atomic E-state index is 0.0528. The van der Waals surface area contributed by atoms with Crippen molar-refractivity contribution < 1.29 is 4.92 Å². The molecule has 0 aliphatic carbocycles. The quantitative estimate of drug-likeness (QED) is 0.380. The molecule has 0 amide bonds. The number of benzene rings is 3. The van der Waals surface area contributed by atoms with Gasteiger partial charge in [-0.05, 0) is 17.7 Å². The van der Waals surface area contributed by atoms with Crippen LogP contribution < -0.4 is 5.32 Å². The SMILES string of the molecule is O=[N+]([O-])c1cccc(-c2cn(-c3ccccc3NCc3ccccc3)cn2)c1. The number of anilines is 1. The number of nitrogens with one attached hydrogen (secondary N) is 1. The summed E-state index contributed by atoms with van der Waals surface area (Å²) in [5, 5.41) is 14.5. The highest BCUT2D eigenvalue weighted by atomic mass is 16.6. The van der Waals surface area contributed by atoms with E-state index in [9.17, 15) is 10.1 Å². The molecule has 0 fully saturated rings. The molecule has 6 nitrogen and oxygen atoms in total. The molecule has 3 aromatic carbocycles. The van der Waals surface area contributed by atoms with Gasteiger partial charge in [0.1, 0.15) is 0 Å². The van der Waals surface area contributed by atoms with E-state index in [2.05, 4.69) is 22.4 Å². The Kier molecular flexibility index (Phi) is 4.84. The highest BCUT2D eigenvalue weighted by Gasteiger charge is 2.11. The second-order valence-corrected chi connectivity index (χ2v) is 6.33. The maximum absolute atomic E-state index is 11.0. The monoisotopic (exact) mass is 370 g/mol. The number of imidazole rings is 1. The number of para-hydroxylation sites is 2. The summed E-state index contributed by atoms with van der Waals surface area (Å²) in [4.78, 5) is 15.1. The number of hydrogen-bond acceptors (Lipinski definition) is 4. The van der Waals surface area contributed by atoms with Crippen LogP contribution in [0.25, 0.3) is 16.9 Å². The van der Waals surface area contributed by atoms with Gasteiger partial charge in [0.05, 0.1) is 28.3 Å². The Hall–Kier alpha value is -3.93. The zero-order valence-corrected chi connectivity index (χ0v) is 15.0. The lowest BCUT2D eigenvalue weighted by molar-refractivity contribution is -0.384. The fraction of sp³-hybridized carbons (Fsp3) is 0.0455. The Labute approximate surface area is 162 Å². The minimum atomic E-state index is -0.400. The summed E-state index contributed by atoms with van der Waals surface area (Å²) in [5.41, 5.74) is 4.58. The lowest BCUT2D eigenvalue weighted by atomic mass is 10.1. The van der Waals surface area contributed by atoms with E-state index in [0.29, 0.717) is 17.8 Å². The van der Waals surface area contributed by atoms with Crippen molar-refractivity contribution >= 4 is 11.4 Å². The van der Waals surface area contributed by atoms with E-state index in [1.807, 2.05) is 59.3 Å². The summed E-state index contributed by atoms with van der Waals surface area (Å²) >= 11 is 0. The van der Waals surface area contributed by atoms with Crippen molar-refractivity contribution in [1.29, 1.82) is 0 Å². The average molecular weight is 370 g/mol. The van der Waals surface area contributed by atoms with Crippen LogP contribution in [0.5, 0.6) is 0 Å². The number of nitro groups is 1. The van der Waals surface area contributed by atoms with Crippen molar-refractivity contribution in [2.75, 3.05) is 5.32 Å². The standard InChI is InChI=1S/C22H18N4O2/c27-26(28)19-10-6-9-18(13-19)21-15-25(16-24-21)22-12-5-4-11-20(22)23-14-17-7-2-1-3-8-17/h1-13,15-16,23H,14H2. The van der Waals surface area contributed by atoms with Gasteiger partial charge in [-0.15, -0.1) is 0 Å². The van der Waals surface area contributed by atoms with Gasteiger partial charge in [0.2, 0.25) is 0 Å². The van der Waals surface area contributed by atoms with Crippen LogP contribution in [0.3, 0.4) is 0 Å². The van der Waals surface area contributed by atoms with Gasteiger partial charge in [0, 0.05) is 30.4 Å². The molecule has 0 unspecified atom stereocenters. The van der Waals surface area contributed by atoms with Gasteiger partial charge in [-0.1, -0.05) is 54.6 Å². The van der Waals surface area contributed by atoms with E-state index in [1.54, 1.807) is 12.4 Å². The summed E-state index contributed by atoms with van der Waals surface area (Å²) in [5.74, 6) is 0. The first-order valence-corrected chi connectivity index (χ1v) is 8.87.